The van der Waals surface area contributed by atoms with Gasteiger partial charge >= 0.3 is 0 Å². The minimum Gasteiger partial charge on any atom is -0.361 e. The van der Waals surface area contributed by atoms with Crippen LogP contribution in [-0.4, -0.2) is 16.9 Å². The fourth-order valence-corrected chi connectivity index (χ4v) is 3.53. The molecule has 0 radical (unpaired) electrons. The van der Waals surface area contributed by atoms with Crippen LogP contribution in [0.25, 0.3) is 10.9 Å². The Hall–Kier alpha value is -1.29. The fraction of sp³-hybridized carbons (Fsp3) is 0.471. The molecule has 3 rings (SSSR count). The van der Waals surface area contributed by atoms with E-state index in [0.29, 0.717) is 12.5 Å². The topological polar surface area (TPSA) is 44.9 Å². The number of benzene rings is 1. The van der Waals surface area contributed by atoms with E-state index in [4.69, 9.17) is 0 Å². The third-order valence-corrected chi connectivity index (χ3v) is 4.79. The molecule has 0 atom stereocenters. The molecule has 1 amide bonds. The Kier molecular flexibility index (Phi) is 4.63. The van der Waals surface area contributed by atoms with Gasteiger partial charge in [0.05, 0.1) is 6.42 Å². The van der Waals surface area contributed by atoms with Crippen molar-refractivity contribution in [3.8, 4) is 0 Å². The summed E-state index contributed by atoms with van der Waals surface area (Å²) < 4.78 is 1.04. The number of halogens is 1. The van der Waals surface area contributed by atoms with Crippen molar-refractivity contribution in [2.45, 2.75) is 51.0 Å². The van der Waals surface area contributed by atoms with Crippen molar-refractivity contribution in [1.82, 2.24) is 10.3 Å². The van der Waals surface area contributed by atoms with E-state index in [9.17, 15) is 4.79 Å². The first-order valence-electron chi connectivity index (χ1n) is 7.77. The van der Waals surface area contributed by atoms with E-state index < -0.39 is 0 Å². The zero-order chi connectivity index (χ0) is 14.7. The van der Waals surface area contributed by atoms with Crippen molar-refractivity contribution in [2.75, 3.05) is 0 Å². The molecule has 0 spiro atoms. The van der Waals surface area contributed by atoms with Gasteiger partial charge < -0.3 is 10.3 Å². The second kappa shape index (κ2) is 6.65. The zero-order valence-corrected chi connectivity index (χ0v) is 13.7. The Bertz CT molecular complexity index is 627. The quantitative estimate of drug-likeness (QED) is 0.797. The molecular weight excluding hydrogens is 328 g/mol. The largest absolute Gasteiger partial charge is 0.361 e. The number of hydrogen-bond acceptors (Lipinski definition) is 1. The van der Waals surface area contributed by atoms with Gasteiger partial charge in [0, 0.05) is 27.6 Å². The lowest BCUT2D eigenvalue weighted by Gasteiger charge is -2.16. The number of rotatable bonds is 3. The lowest BCUT2D eigenvalue weighted by molar-refractivity contribution is -0.121. The third kappa shape index (κ3) is 3.67. The van der Waals surface area contributed by atoms with Gasteiger partial charge in [-0.25, -0.2) is 0 Å². The molecule has 0 bridgehead atoms. The van der Waals surface area contributed by atoms with E-state index in [-0.39, 0.29) is 5.91 Å². The maximum Gasteiger partial charge on any atom is 0.224 e. The number of aromatic amines is 1. The molecule has 0 aliphatic heterocycles. The molecule has 2 aromatic rings. The fourth-order valence-electron chi connectivity index (χ4n) is 3.17. The van der Waals surface area contributed by atoms with Crippen molar-refractivity contribution in [3.05, 3.63) is 34.4 Å². The minimum absolute atomic E-state index is 0.141. The van der Waals surface area contributed by atoms with Crippen molar-refractivity contribution >= 4 is 32.7 Å². The highest BCUT2D eigenvalue weighted by molar-refractivity contribution is 9.10. The van der Waals surface area contributed by atoms with Crippen LogP contribution in [0.4, 0.5) is 0 Å². The van der Waals surface area contributed by atoms with Gasteiger partial charge in [-0.3, -0.25) is 4.79 Å². The standard InChI is InChI=1S/C17H21BrN2O/c18-13-7-8-16-15(10-13)12(11-19-16)9-17(21)20-14-5-3-1-2-4-6-14/h7-8,10-11,14,19H,1-6,9H2,(H,20,21). The first-order valence-corrected chi connectivity index (χ1v) is 8.56. The molecule has 112 valence electrons. The van der Waals surface area contributed by atoms with E-state index in [1.54, 1.807) is 0 Å². The Morgan fingerprint density at radius 3 is 2.76 bits per heavy atom. The number of amides is 1. The molecule has 1 aromatic heterocycles. The molecule has 1 aliphatic rings. The van der Waals surface area contributed by atoms with Gasteiger partial charge in [0.25, 0.3) is 0 Å². The molecule has 1 heterocycles. The van der Waals surface area contributed by atoms with Crippen molar-refractivity contribution in [3.63, 3.8) is 0 Å². The lowest BCUT2D eigenvalue weighted by atomic mass is 10.1. The van der Waals surface area contributed by atoms with Crippen molar-refractivity contribution in [1.29, 1.82) is 0 Å². The van der Waals surface area contributed by atoms with Crippen molar-refractivity contribution < 1.29 is 4.79 Å². The summed E-state index contributed by atoms with van der Waals surface area (Å²) >= 11 is 3.49. The van der Waals surface area contributed by atoms with Crippen LogP contribution in [0.3, 0.4) is 0 Å². The van der Waals surface area contributed by atoms with Crippen LogP contribution in [0.2, 0.25) is 0 Å². The molecule has 1 aliphatic carbocycles. The second-order valence-electron chi connectivity index (χ2n) is 5.94. The maximum atomic E-state index is 12.3. The van der Waals surface area contributed by atoms with E-state index in [2.05, 4.69) is 32.3 Å². The van der Waals surface area contributed by atoms with E-state index in [1.165, 1.54) is 25.7 Å². The summed E-state index contributed by atoms with van der Waals surface area (Å²) in [6, 6.07) is 6.48. The van der Waals surface area contributed by atoms with Gasteiger partial charge in [-0.1, -0.05) is 41.6 Å². The summed E-state index contributed by atoms with van der Waals surface area (Å²) in [5, 5.41) is 4.34. The highest BCUT2D eigenvalue weighted by atomic mass is 79.9. The summed E-state index contributed by atoms with van der Waals surface area (Å²) in [6.45, 7) is 0. The Morgan fingerprint density at radius 2 is 2.00 bits per heavy atom. The number of aromatic nitrogens is 1. The Labute approximate surface area is 133 Å². The Morgan fingerprint density at radius 1 is 1.24 bits per heavy atom. The summed E-state index contributed by atoms with van der Waals surface area (Å²) in [6.07, 6.45) is 9.76. The normalized spacial score (nSPS) is 16.8. The lowest BCUT2D eigenvalue weighted by Crippen LogP contribution is -2.35. The molecular formula is C17H21BrN2O. The first-order chi connectivity index (χ1) is 10.2. The van der Waals surface area contributed by atoms with Gasteiger partial charge in [-0.2, -0.15) is 0 Å². The third-order valence-electron chi connectivity index (χ3n) is 4.30. The highest BCUT2D eigenvalue weighted by Crippen LogP contribution is 2.23. The monoisotopic (exact) mass is 348 g/mol. The summed E-state index contributed by atoms with van der Waals surface area (Å²) in [5.74, 6) is 0.141. The highest BCUT2D eigenvalue weighted by Gasteiger charge is 2.16. The van der Waals surface area contributed by atoms with Crippen LogP contribution in [-0.2, 0) is 11.2 Å². The predicted octanol–water partition coefficient (Wildman–Crippen LogP) is 4.31. The molecule has 1 saturated carbocycles. The molecule has 1 aromatic carbocycles. The van der Waals surface area contributed by atoms with Crippen LogP contribution >= 0.6 is 15.9 Å². The van der Waals surface area contributed by atoms with Gasteiger partial charge in [0.2, 0.25) is 5.91 Å². The SMILES string of the molecule is O=C(Cc1c[nH]c2ccc(Br)cc12)NC1CCCCCC1. The second-order valence-corrected chi connectivity index (χ2v) is 6.85. The van der Waals surface area contributed by atoms with Gasteiger partial charge in [-0.05, 0) is 36.6 Å². The average Bonchev–Trinajstić information content (AvgIpc) is 2.68. The van der Waals surface area contributed by atoms with Gasteiger partial charge in [0.15, 0.2) is 0 Å². The van der Waals surface area contributed by atoms with Gasteiger partial charge in [0.1, 0.15) is 0 Å². The molecule has 2 N–H and O–H groups in total. The summed E-state index contributed by atoms with van der Waals surface area (Å²) in [4.78, 5) is 15.5. The molecule has 0 unspecified atom stereocenters. The van der Waals surface area contributed by atoms with Gasteiger partial charge in [-0.15, -0.1) is 0 Å². The number of carbonyl (C=O) groups is 1. The average molecular weight is 349 g/mol. The zero-order valence-electron chi connectivity index (χ0n) is 12.1. The molecule has 0 saturated heterocycles. The van der Waals surface area contributed by atoms with Crippen molar-refractivity contribution in [2.24, 2.45) is 0 Å². The van der Waals surface area contributed by atoms with Crippen LogP contribution in [0.1, 0.15) is 44.1 Å². The molecule has 4 heteroatoms. The van der Waals surface area contributed by atoms with Crippen LogP contribution in [0, 0.1) is 0 Å². The number of nitrogens with one attached hydrogen (secondary N) is 2. The number of hydrogen-bond donors (Lipinski definition) is 2. The number of fused-ring (bicyclic) bond motifs is 1. The van der Waals surface area contributed by atoms with Crippen LogP contribution < -0.4 is 5.32 Å². The summed E-state index contributed by atoms with van der Waals surface area (Å²) in [5.41, 5.74) is 2.15. The smallest absolute Gasteiger partial charge is 0.224 e. The van der Waals surface area contributed by atoms with Crippen LogP contribution in [0.5, 0.6) is 0 Å². The molecule has 1 fully saturated rings. The number of H-pyrrole nitrogens is 1. The molecule has 3 nitrogen and oxygen atoms in total. The van der Waals surface area contributed by atoms with Crippen LogP contribution in [0.15, 0.2) is 28.9 Å². The van der Waals surface area contributed by atoms with E-state index in [1.807, 2.05) is 18.3 Å². The number of carbonyl (C=O) groups excluding carboxylic acids is 1. The van der Waals surface area contributed by atoms with E-state index in [0.717, 1.165) is 33.8 Å². The molecule has 21 heavy (non-hydrogen) atoms. The first kappa shape index (κ1) is 14.6. The minimum atomic E-state index is 0.141. The van der Waals surface area contributed by atoms with E-state index >= 15 is 0 Å². The Balaban J connectivity index is 1.67. The summed E-state index contributed by atoms with van der Waals surface area (Å²) in [7, 11) is 0. The maximum absolute atomic E-state index is 12.3. The predicted molar refractivity (Wildman–Crippen MR) is 89.3 cm³/mol.